The van der Waals surface area contributed by atoms with Crippen molar-refractivity contribution >= 4 is 28.3 Å². The van der Waals surface area contributed by atoms with Crippen molar-refractivity contribution in [3.63, 3.8) is 0 Å². The van der Waals surface area contributed by atoms with E-state index in [0.29, 0.717) is 23.0 Å². The molecular weight excluding hydrogens is 356 g/mol. The number of nitrogens with zero attached hydrogens (tertiary/aromatic N) is 3. The molecule has 1 amide bonds. The van der Waals surface area contributed by atoms with Gasteiger partial charge in [-0.25, -0.2) is 0 Å². The first-order chi connectivity index (χ1) is 13.5. The Morgan fingerprint density at radius 2 is 1.93 bits per heavy atom. The van der Waals surface area contributed by atoms with Gasteiger partial charge in [0.1, 0.15) is 6.54 Å². The highest BCUT2D eigenvalue weighted by molar-refractivity contribution is 5.98. The van der Waals surface area contributed by atoms with Crippen molar-refractivity contribution < 1.29 is 14.0 Å². The highest BCUT2D eigenvalue weighted by Crippen LogP contribution is 2.29. The minimum Gasteiger partial charge on any atom is -0.421 e. The smallest absolute Gasteiger partial charge is 0.249 e. The summed E-state index contributed by atoms with van der Waals surface area (Å²) in [4.78, 5) is 24.1. The van der Waals surface area contributed by atoms with Crippen LogP contribution in [0.1, 0.15) is 23.2 Å². The van der Waals surface area contributed by atoms with Crippen LogP contribution in [0.15, 0.2) is 59.1 Å². The summed E-state index contributed by atoms with van der Waals surface area (Å²) in [6, 6.07) is 14.6. The third-order valence-corrected chi connectivity index (χ3v) is 4.41. The molecule has 7 nitrogen and oxygen atoms in total. The van der Waals surface area contributed by atoms with Crippen LogP contribution in [0.3, 0.4) is 0 Å². The number of amides is 1. The maximum absolute atomic E-state index is 12.6. The van der Waals surface area contributed by atoms with Gasteiger partial charge >= 0.3 is 0 Å². The Morgan fingerprint density at radius 1 is 1.11 bits per heavy atom. The summed E-state index contributed by atoms with van der Waals surface area (Å²) in [6.07, 6.45) is 1.84. The Kier molecular flexibility index (Phi) is 4.49. The molecular formula is C21H18N4O3. The second-order valence-corrected chi connectivity index (χ2v) is 6.50. The van der Waals surface area contributed by atoms with Crippen molar-refractivity contribution in [3.05, 3.63) is 66.2 Å². The number of hydrogen-bond acceptors (Lipinski definition) is 5. The lowest BCUT2D eigenvalue weighted by Crippen LogP contribution is -2.18. The van der Waals surface area contributed by atoms with Crippen LogP contribution in [0.5, 0.6) is 0 Å². The van der Waals surface area contributed by atoms with Crippen LogP contribution >= 0.6 is 0 Å². The maximum atomic E-state index is 12.6. The van der Waals surface area contributed by atoms with E-state index < -0.39 is 0 Å². The first-order valence-electron chi connectivity index (χ1n) is 8.80. The molecule has 4 aromatic rings. The summed E-state index contributed by atoms with van der Waals surface area (Å²) in [5, 5.41) is 11.7. The number of anilines is 1. The lowest BCUT2D eigenvalue weighted by Gasteiger charge is -2.08. The molecule has 0 spiro atoms. The number of aromatic nitrogens is 3. The average molecular weight is 374 g/mol. The molecule has 0 bridgehead atoms. The second kappa shape index (κ2) is 7.11. The zero-order chi connectivity index (χ0) is 19.7. The van der Waals surface area contributed by atoms with Crippen molar-refractivity contribution in [2.24, 2.45) is 0 Å². The SMILES string of the molecule is CC(=O)c1cccc(NC(=O)Cn2cc(-c3nnc(C)o3)c3ccccc32)c1. The van der Waals surface area contributed by atoms with Crippen LogP contribution in [0, 0.1) is 6.92 Å². The predicted molar refractivity (Wildman–Crippen MR) is 105 cm³/mol. The lowest BCUT2D eigenvalue weighted by molar-refractivity contribution is -0.116. The summed E-state index contributed by atoms with van der Waals surface area (Å²) in [5.41, 5.74) is 2.81. The fraction of sp³-hybridized carbons (Fsp3) is 0.143. The number of para-hydroxylation sites is 1. The van der Waals surface area contributed by atoms with Gasteiger partial charge in [-0.15, -0.1) is 10.2 Å². The zero-order valence-corrected chi connectivity index (χ0v) is 15.5. The normalized spacial score (nSPS) is 10.9. The molecule has 1 N–H and O–H groups in total. The van der Waals surface area contributed by atoms with Gasteiger partial charge in [0.05, 0.1) is 5.56 Å². The number of nitrogens with one attached hydrogen (secondary N) is 1. The van der Waals surface area contributed by atoms with E-state index in [9.17, 15) is 9.59 Å². The topological polar surface area (TPSA) is 90.0 Å². The molecule has 0 unspecified atom stereocenters. The average Bonchev–Trinajstić information content (AvgIpc) is 3.26. The van der Waals surface area contributed by atoms with E-state index in [1.165, 1.54) is 6.92 Å². The number of ketones is 1. The first kappa shape index (κ1) is 17.7. The number of hydrogen-bond donors (Lipinski definition) is 1. The Morgan fingerprint density at radius 3 is 2.68 bits per heavy atom. The Bertz CT molecular complexity index is 1190. The summed E-state index contributed by atoms with van der Waals surface area (Å²) in [5.74, 6) is 0.652. The predicted octanol–water partition coefficient (Wildman–Crippen LogP) is 3.84. The molecule has 28 heavy (non-hydrogen) atoms. The van der Waals surface area contributed by atoms with Gasteiger partial charge < -0.3 is 14.3 Å². The van der Waals surface area contributed by atoms with Gasteiger partial charge in [-0.3, -0.25) is 9.59 Å². The number of carbonyl (C=O) groups is 2. The number of Topliss-reactive ketones (excluding diaryl/α,β-unsaturated/α-hetero) is 1. The molecule has 0 saturated heterocycles. The molecule has 4 rings (SSSR count). The highest BCUT2D eigenvalue weighted by atomic mass is 16.4. The number of rotatable bonds is 5. The lowest BCUT2D eigenvalue weighted by atomic mass is 10.1. The monoisotopic (exact) mass is 374 g/mol. The molecule has 0 fully saturated rings. The van der Waals surface area contributed by atoms with Crippen LogP contribution in [-0.2, 0) is 11.3 Å². The van der Waals surface area contributed by atoms with Gasteiger partial charge in [-0.2, -0.15) is 0 Å². The molecule has 140 valence electrons. The summed E-state index contributed by atoms with van der Waals surface area (Å²) < 4.78 is 7.40. The standard InChI is InChI=1S/C21H18N4O3/c1-13(26)15-6-5-7-16(10-15)22-20(27)12-25-11-18(21-24-23-14(2)28-21)17-8-3-4-9-19(17)25/h3-11H,12H2,1-2H3,(H,22,27). The van der Waals surface area contributed by atoms with Crippen molar-refractivity contribution in [1.82, 2.24) is 14.8 Å². The number of benzene rings is 2. The highest BCUT2D eigenvalue weighted by Gasteiger charge is 2.16. The van der Waals surface area contributed by atoms with Crippen LogP contribution in [-0.4, -0.2) is 26.5 Å². The van der Waals surface area contributed by atoms with Gasteiger partial charge in [0.2, 0.25) is 17.7 Å². The third kappa shape index (κ3) is 3.42. The number of fused-ring (bicyclic) bond motifs is 1. The van der Waals surface area contributed by atoms with Gasteiger partial charge in [-0.05, 0) is 25.1 Å². The van der Waals surface area contributed by atoms with Crippen molar-refractivity contribution in [2.45, 2.75) is 20.4 Å². The van der Waals surface area contributed by atoms with Crippen molar-refractivity contribution in [2.75, 3.05) is 5.32 Å². The molecule has 0 saturated carbocycles. The Hall–Kier alpha value is -3.74. The van der Waals surface area contributed by atoms with E-state index in [1.54, 1.807) is 31.2 Å². The van der Waals surface area contributed by atoms with Crippen LogP contribution in [0.4, 0.5) is 5.69 Å². The fourth-order valence-corrected chi connectivity index (χ4v) is 3.12. The minimum absolute atomic E-state index is 0.0491. The van der Waals surface area contributed by atoms with Crippen LogP contribution < -0.4 is 5.32 Å². The number of carbonyl (C=O) groups excluding carboxylic acids is 2. The minimum atomic E-state index is -0.199. The molecule has 0 radical (unpaired) electrons. The van der Waals surface area contributed by atoms with E-state index in [2.05, 4.69) is 15.5 Å². The molecule has 0 atom stereocenters. The molecule has 0 aliphatic carbocycles. The molecule has 2 heterocycles. The van der Waals surface area contributed by atoms with Gasteiger partial charge in [0.15, 0.2) is 5.78 Å². The largest absolute Gasteiger partial charge is 0.421 e. The van der Waals surface area contributed by atoms with E-state index >= 15 is 0 Å². The molecule has 2 aromatic heterocycles. The second-order valence-electron chi connectivity index (χ2n) is 6.50. The molecule has 0 aliphatic heterocycles. The van der Waals surface area contributed by atoms with Crippen LogP contribution in [0.25, 0.3) is 22.4 Å². The van der Waals surface area contributed by atoms with Crippen molar-refractivity contribution in [1.29, 1.82) is 0 Å². The Balaban J connectivity index is 1.62. The summed E-state index contributed by atoms with van der Waals surface area (Å²) >= 11 is 0. The van der Waals surface area contributed by atoms with Gasteiger partial charge in [-0.1, -0.05) is 30.3 Å². The first-order valence-corrected chi connectivity index (χ1v) is 8.80. The zero-order valence-electron chi connectivity index (χ0n) is 15.5. The molecule has 7 heteroatoms. The molecule has 0 aliphatic rings. The Labute approximate surface area is 161 Å². The summed E-state index contributed by atoms with van der Waals surface area (Å²) in [6.45, 7) is 3.34. The third-order valence-electron chi connectivity index (χ3n) is 4.41. The van der Waals surface area contributed by atoms with E-state index in [0.717, 1.165) is 16.5 Å². The fourth-order valence-electron chi connectivity index (χ4n) is 3.12. The van der Waals surface area contributed by atoms with Gasteiger partial charge in [0, 0.05) is 35.3 Å². The quantitative estimate of drug-likeness (QED) is 0.536. The van der Waals surface area contributed by atoms with E-state index in [-0.39, 0.29) is 18.2 Å². The molecule has 2 aromatic carbocycles. The maximum Gasteiger partial charge on any atom is 0.249 e. The van der Waals surface area contributed by atoms with Crippen LogP contribution in [0.2, 0.25) is 0 Å². The van der Waals surface area contributed by atoms with E-state index in [1.807, 2.05) is 35.0 Å². The van der Waals surface area contributed by atoms with Gasteiger partial charge in [0.25, 0.3) is 0 Å². The number of aryl methyl sites for hydroxylation is 1. The van der Waals surface area contributed by atoms with Crippen molar-refractivity contribution in [3.8, 4) is 11.5 Å². The summed E-state index contributed by atoms with van der Waals surface area (Å²) in [7, 11) is 0. The van der Waals surface area contributed by atoms with E-state index in [4.69, 9.17) is 4.42 Å².